The predicted molar refractivity (Wildman–Crippen MR) is 79.1 cm³/mol. The summed E-state index contributed by atoms with van der Waals surface area (Å²) in [5.74, 6) is 0. The number of fused-ring (bicyclic) bond motifs is 1. The van der Waals surface area contributed by atoms with Crippen molar-refractivity contribution in [2.24, 2.45) is 0 Å². The zero-order chi connectivity index (χ0) is 13.4. The predicted octanol–water partition coefficient (Wildman–Crippen LogP) is 1.31. The zero-order valence-corrected chi connectivity index (χ0v) is 11.6. The number of hydrogen-bond donors (Lipinski definition) is 1. The highest BCUT2D eigenvalue weighted by molar-refractivity contribution is 5.74. The number of para-hydroxylation sites is 2. The number of anilines is 1. The minimum absolute atomic E-state index is 0.723. The molecule has 0 amide bonds. The van der Waals surface area contributed by atoms with E-state index in [1.165, 1.54) is 6.42 Å². The monoisotopic (exact) mass is 272 g/mol. The molecule has 4 rings (SSSR count). The van der Waals surface area contributed by atoms with E-state index in [2.05, 4.69) is 20.1 Å². The number of nitrogens with zero attached hydrogens (tertiary/aromatic N) is 3. The average molecular weight is 272 g/mol. The van der Waals surface area contributed by atoms with Crippen LogP contribution in [0.1, 0.15) is 6.42 Å². The molecule has 2 fully saturated rings. The van der Waals surface area contributed by atoms with Crippen LogP contribution in [-0.4, -0.2) is 55.2 Å². The van der Waals surface area contributed by atoms with Gasteiger partial charge in [0.15, 0.2) is 5.58 Å². The Morgan fingerprint density at radius 1 is 1.15 bits per heavy atom. The van der Waals surface area contributed by atoms with Crippen LogP contribution < -0.4 is 10.2 Å². The van der Waals surface area contributed by atoms with Crippen molar-refractivity contribution in [3.8, 4) is 0 Å². The molecule has 0 saturated carbocycles. The molecule has 2 aliphatic heterocycles. The Morgan fingerprint density at radius 3 is 2.75 bits per heavy atom. The van der Waals surface area contributed by atoms with Gasteiger partial charge in [-0.15, -0.1) is 0 Å². The van der Waals surface area contributed by atoms with E-state index in [1.807, 2.05) is 24.3 Å². The van der Waals surface area contributed by atoms with Crippen LogP contribution in [0.25, 0.3) is 11.1 Å². The highest BCUT2D eigenvalue weighted by Gasteiger charge is 2.27. The summed E-state index contributed by atoms with van der Waals surface area (Å²) >= 11 is 0. The summed E-state index contributed by atoms with van der Waals surface area (Å²) in [5, 5.41) is 3.44. The van der Waals surface area contributed by atoms with Gasteiger partial charge in [-0.05, 0) is 25.1 Å². The first-order valence-corrected chi connectivity index (χ1v) is 7.45. The molecule has 0 bridgehead atoms. The molecule has 0 aliphatic carbocycles. The Bertz CT molecular complexity index is 549. The van der Waals surface area contributed by atoms with Crippen molar-refractivity contribution in [2.75, 3.05) is 44.2 Å². The summed E-state index contributed by atoms with van der Waals surface area (Å²) in [4.78, 5) is 9.45. The van der Waals surface area contributed by atoms with E-state index in [4.69, 9.17) is 4.42 Å². The fourth-order valence-electron chi connectivity index (χ4n) is 3.22. The first-order chi connectivity index (χ1) is 9.90. The van der Waals surface area contributed by atoms with Crippen molar-refractivity contribution in [3.05, 3.63) is 24.3 Å². The van der Waals surface area contributed by atoms with Crippen molar-refractivity contribution in [1.29, 1.82) is 0 Å². The smallest absolute Gasteiger partial charge is 0.298 e. The largest absolute Gasteiger partial charge is 0.423 e. The highest BCUT2D eigenvalue weighted by Crippen LogP contribution is 2.23. The van der Waals surface area contributed by atoms with E-state index in [1.54, 1.807) is 0 Å². The van der Waals surface area contributed by atoms with Gasteiger partial charge in [0.2, 0.25) is 0 Å². The number of hydrogen-bond acceptors (Lipinski definition) is 5. The second-order valence-electron chi connectivity index (χ2n) is 5.63. The maximum atomic E-state index is 5.85. The van der Waals surface area contributed by atoms with E-state index in [0.29, 0.717) is 0 Å². The summed E-state index contributed by atoms with van der Waals surface area (Å²) in [5.41, 5.74) is 1.83. The van der Waals surface area contributed by atoms with Crippen LogP contribution in [0.5, 0.6) is 0 Å². The van der Waals surface area contributed by atoms with Crippen LogP contribution in [0.15, 0.2) is 28.7 Å². The molecule has 1 aromatic carbocycles. The molecule has 1 N–H and O–H groups in total. The first kappa shape index (κ1) is 12.2. The molecule has 0 radical (unpaired) electrons. The molecule has 5 nitrogen and oxygen atoms in total. The van der Waals surface area contributed by atoms with Crippen LogP contribution in [0, 0.1) is 0 Å². The summed E-state index contributed by atoms with van der Waals surface area (Å²) in [6.07, 6.45) is 1.28. The quantitative estimate of drug-likeness (QED) is 0.893. The van der Waals surface area contributed by atoms with Crippen LogP contribution in [0.2, 0.25) is 0 Å². The molecule has 2 aliphatic rings. The van der Waals surface area contributed by atoms with Crippen molar-refractivity contribution in [1.82, 2.24) is 15.2 Å². The number of benzene rings is 1. The third kappa shape index (κ3) is 2.17. The number of nitrogens with one attached hydrogen (secondary N) is 1. The van der Waals surface area contributed by atoms with Crippen molar-refractivity contribution in [3.63, 3.8) is 0 Å². The molecule has 2 saturated heterocycles. The maximum Gasteiger partial charge on any atom is 0.298 e. The molecule has 20 heavy (non-hydrogen) atoms. The second kappa shape index (κ2) is 5.07. The topological polar surface area (TPSA) is 44.5 Å². The molecule has 106 valence electrons. The van der Waals surface area contributed by atoms with Crippen LogP contribution in [0.3, 0.4) is 0 Å². The maximum absolute atomic E-state index is 5.85. The Balaban J connectivity index is 1.45. The van der Waals surface area contributed by atoms with Gasteiger partial charge in [-0.2, -0.15) is 4.98 Å². The Labute approximate surface area is 118 Å². The summed E-state index contributed by atoms with van der Waals surface area (Å²) < 4.78 is 5.85. The molecule has 5 heteroatoms. The summed E-state index contributed by atoms with van der Waals surface area (Å²) in [6.45, 7) is 6.52. The van der Waals surface area contributed by atoms with Gasteiger partial charge in [0.25, 0.3) is 6.01 Å². The van der Waals surface area contributed by atoms with Crippen molar-refractivity contribution >= 4 is 17.1 Å². The second-order valence-corrected chi connectivity index (χ2v) is 5.63. The van der Waals surface area contributed by atoms with Gasteiger partial charge in [0.1, 0.15) is 5.52 Å². The normalized spacial score (nSPS) is 24.6. The van der Waals surface area contributed by atoms with Gasteiger partial charge in [0.05, 0.1) is 0 Å². The lowest BCUT2D eigenvalue weighted by atomic mass is 10.2. The standard InChI is InChI=1S/C15H20N4O/c1-2-4-14-13(3-1)17-15(20-14)19-9-7-18(8-10-19)12-5-6-16-11-12/h1-4,12,16H,5-11H2/t12-/m0/s1. The van der Waals surface area contributed by atoms with E-state index in [9.17, 15) is 0 Å². The first-order valence-electron chi connectivity index (χ1n) is 7.45. The average Bonchev–Trinajstić information content (AvgIpc) is 3.17. The van der Waals surface area contributed by atoms with Gasteiger partial charge in [-0.25, -0.2) is 0 Å². The SMILES string of the molecule is c1ccc2oc(N3CCN([C@H]4CCNC4)CC3)nc2c1. The van der Waals surface area contributed by atoms with E-state index < -0.39 is 0 Å². The van der Waals surface area contributed by atoms with Crippen LogP contribution in [0.4, 0.5) is 6.01 Å². The molecule has 0 spiro atoms. The van der Waals surface area contributed by atoms with Gasteiger partial charge in [0, 0.05) is 38.8 Å². The van der Waals surface area contributed by atoms with Crippen LogP contribution in [-0.2, 0) is 0 Å². The fraction of sp³-hybridized carbons (Fsp3) is 0.533. The molecular weight excluding hydrogens is 252 g/mol. The molecule has 2 aromatic rings. The molecule has 0 unspecified atom stereocenters. The van der Waals surface area contributed by atoms with Crippen molar-refractivity contribution in [2.45, 2.75) is 12.5 Å². The Hall–Kier alpha value is -1.59. The number of rotatable bonds is 2. The number of oxazole rings is 1. The fourth-order valence-corrected chi connectivity index (χ4v) is 3.22. The van der Waals surface area contributed by atoms with Gasteiger partial charge in [-0.3, -0.25) is 4.90 Å². The van der Waals surface area contributed by atoms with E-state index >= 15 is 0 Å². The van der Waals surface area contributed by atoms with Gasteiger partial charge in [-0.1, -0.05) is 12.1 Å². The third-order valence-electron chi connectivity index (χ3n) is 4.42. The molecule has 3 heterocycles. The lowest BCUT2D eigenvalue weighted by Gasteiger charge is -2.37. The van der Waals surface area contributed by atoms with E-state index in [-0.39, 0.29) is 0 Å². The molecule has 1 atom stereocenters. The van der Waals surface area contributed by atoms with Gasteiger partial charge < -0.3 is 14.6 Å². The minimum atomic E-state index is 0.723. The summed E-state index contributed by atoms with van der Waals surface area (Å²) in [6, 6.07) is 9.47. The molecular formula is C15H20N4O. The lowest BCUT2D eigenvalue weighted by molar-refractivity contribution is 0.194. The Morgan fingerprint density at radius 2 is 2.00 bits per heavy atom. The van der Waals surface area contributed by atoms with Gasteiger partial charge >= 0.3 is 0 Å². The minimum Gasteiger partial charge on any atom is -0.423 e. The van der Waals surface area contributed by atoms with Crippen molar-refractivity contribution < 1.29 is 4.42 Å². The van der Waals surface area contributed by atoms with E-state index in [0.717, 1.165) is 62.4 Å². The number of piperazine rings is 1. The molecule has 1 aromatic heterocycles. The number of aromatic nitrogens is 1. The highest BCUT2D eigenvalue weighted by atomic mass is 16.4. The Kier molecular flexibility index (Phi) is 3.09. The zero-order valence-electron chi connectivity index (χ0n) is 11.6. The third-order valence-corrected chi connectivity index (χ3v) is 4.42. The van der Waals surface area contributed by atoms with Crippen LogP contribution >= 0.6 is 0 Å². The summed E-state index contributed by atoms with van der Waals surface area (Å²) in [7, 11) is 0. The lowest BCUT2D eigenvalue weighted by Crippen LogP contribution is -2.51.